The van der Waals surface area contributed by atoms with Crippen LogP contribution in [0, 0.1) is 0 Å². The average Bonchev–Trinajstić information content (AvgIpc) is 3.17. The summed E-state index contributed by atoms with van der Waals surface area (Å²) in [4.78, 5) is 32.4. The molecule has 3 rings (SSSR count). The molecule has 7 nitrogen and oxygen atoms in total. The van der Waals surface area contributed by atoms with Gasteiger partial charge < -0.3 is 24.5 Å². The van der Waals surface area contributed by atoms with Gasteiger partial charge in [-0.1, -0.05) is 31.9 Å². The van der Waals surface area contributed by atoms with E-state index in [0.717, 1.165) is 56.6 Å². The highest BCUT2D eigenvalue weighted by Crippen LogP contribution is 2.40. The number of amides is 1. The van der Waals surface area contributed by atoms with Gasteiger partial charge >= 0.3 is 0 Å². The number of rotatable bonds is 14. The number of ether oxygens (including phenoxy) is 1. The number of unbranched alkanes of at least 4 members (excludes halogenated alkanes) is 2. The maximum absolute atomic E-state index is 13.3. The van der Waals surface area contributed by atoms with E-state index in [1.807, 2.05) is 38.4 Å². The highest BCUT2D eigenvalue weighted by Gasteiger charge is 2.45. The fourth-order valence-electron chi connectivity index (χ4n) is 4.88. The molecule has 0 bridgehead atoms. The van der Waals surface area contributed by atoms with Crippen LogP contribution in [0.2, 0.25) is 0 Å². The van der Waals surface area contributed by atoms with Crippen LogP contribution in [0.1, 0.15) is 63.6 Å². The Balaban J connectivity index is 1.96. The van der Waals surface area contributed by atoms with Crippen molar-refractivity contribution in [1.29, 1.82) is 0 Å². The molecule has 0 aromatic heterocycles. The molecule has 2 aromatic rings. The van der Waals surface area contributed by atoms with Gasteiger partial charge in [-0.25, -0.2) is 0 Å². The van der Waals surface area contributed by atoms with Crippen LogP contribution in [0.4, 0.5) is 5.69 Å². The second-order valence-electron chi connectivity index (χ2n) is 9.99. The van der Waals surface area contributed by atoms with Crippen molar-refractivity contribution in [1.82, 2.24) is 9.80 Å². The normalized spacial score (nSPS) is 16.9. The summed E-state index contributed by atoms with van der Waals surface area (Å²) in [6.07, 6.45) is 3.95. The summed E-state index contributed by atoms with van der Waals surface area (Å²) in [6.45, 7) is 9.99. The standard InChI is InChI=1S/C31H43N3O4/c1-6-9-10-22-38-26-18-14-24(15-19-26)29(35)27-28(23-12-16-25(17-13-23)33(7-2)8-3)34(31(37)30(27)36)21-11-20-32(4)5/h12-19,28,35H,6-11,20-22H2,1-5H3/b29-27-. The molecule has 1 fully saturated rings. The fourth-order valence-corrected chi connectivity index (χ4v) is 4.88. The second kappa shape index (κ2) is 14.0. The molecule has 0 aliphatic carbocycles. The van der Waals surface area contributed by atoms with Crippen LogP contribution in [-0.2, 0) is 9.59 Å². The SMILES string of the molecule is CCCCCOc1ccc(/C(O)=C2/C(=O)C(=O)N(CCCN(C)C)C2c2ccc(N(CC)CC)cc2)cc1. The first-order chi connectivity index (χ1) is 18.3. The lowest BCUT2D eigenvalue weighted by Crippen LogP contribution is -2.32. The molecule has 7 heteroatoms. The molecule has 1 aliphatic heterocycles. The zero-order valence-electron chi connectivity index (χ0n) is 23.6. The first-order valence-electron chi connectivity index (χ1n) is 13.8. The largest absolute Gasteiger partial charge is 0.507 e. The number of ketones is 1. The van der Waals surface area contributed by atoms with Gasteiger partial charge in [-0.3, -0.25) is 9.59 Å². The number of nitrogens with zero attached hydrogens (tertiary/aromatic N) is 3. The fraction of sp³-hybridized carbons (Fsp3) is 0.484. The second-order valence-corrected chi connectivity index (χ2v) is 9.99. The first kappa shape index (κ1) is 29.2. The first-order valence-corrected chi connectivity index (χ1v) is 13.8. The van der Waals surface area contributed by atoms with Gasteiger partial charge in [0.05, 0.1) is 18.2 Å². The number of hydrogen-bond donors (Lipinski definition) is 1. The van der Waals surface area contributed by atoms with Crippen molar-refractivity contribution >= 4 is 23.1 Å². The number of aliphatic hydroxyl groups is 1. The van der Waals surface area contributed by atoms with Gasteiger partial charge in [-0.15, -0.1) is 0 Å². The van der Waals surface area contributed by atoms with E-state index < -0.39 is 17.7 Å². The molecule has 1 aliphatic rings. The van der Waals surface area contributed by atoms with Crippen molar-refractivity contribution < 1.29 is 19.4 Å². The van der Waals surface area contributed by atoms with E-state index in [4.69, 9.17) is 4.74 Å². The monoisotopic (exact) mass is 521 g/mol. The van der Waals surface area contributed by atoms with Crippen LogP contribution < -0.4 is 9.64 Å². The zero-order valence-corrected chi connectivity index (χ0v) is 23.6. The van der Waals surface area contributed by atoms with Crippen LogP contribution in [-0.4, -0.2) is 73.5 Å². The predicted octanol–water partition coefficient (Wildman–Crippen LogP) is 5.48. The summed E-state index contributed by atoms with van der Waals surface area (Å²) in [6, 6.07) is 14.4. The molecule has 1 atom stereocenters. The minimum absolute atomic E-state index is 0.132. The Morgan fingerprint density at radius 2 is 1.58 bits per heavy atom. The van der Waals surface area contributed by atoms with Crippen LogP contribution in [0.25, 0.3) is 5.76 Å². The Kier molecular flexibility index (Phi) is 10.8. The van der Waals surface area contributed by atoms with E-state index in [-0.39, 0.29) is 11.3 Å². The molecule has 1 N–H and O–H groups in total. The molecule has 1 heterocycles. The Hall–Kier alpha value is -3.32. The number of likely N-dealkylation sites (tertiary alicyclic amines) is 1. The van der Waals surface area contributed by atoms with Crippen molar-refractivity contribution in [2.75, 3.05) is 51.8 Å². The van der Waals surface area contributed by atoms with Crippen LogP contribution >= 0.6 is 0 Å². The van der Waals surface area contributed by atoms with E-state index in [1.54, 1.807) is 29.2 Å². The van der Waals surface area contributed by atoms with Gasteiger partial charge in [0, 0.05) is 30.9 Å². The Morgan fingerprint density at radius 1 is 0.921 bits per heavy atom. The smallest absolute Gasteiger partial charge is 0.295 e. The minimum atomic E-state index is -0.648. The summed E-state index contributed by atoms with van der Waals surface area (Å²) in [5, 5.41) is 11.4. The Labute approximate surface area is 227 Å². The summed E-state index contributed by atoms with van der Waals surface area (Å²) < 4.78 is 5.79. The van der Waals surface area contributed by atoms with Crippen molar-refractivity contribution in [2.45, 2.75) is 52.5 Å². The highest BCUT2D eigenvalue weighted by molar-refractivity contribution is 6.46. The Bertz CT molecular complexity index is 1090. The topological polar surface area (TPSA) is 73.3 Å². The van der Waals surface area contributed by atoms with Crippen molar-refractivity contribution in [3.05, 3.63) is 65.2 Å². The maximum atomic E-state index is 13.3. The number of Topliss-reactive ketones (excluding diaryl/α,β-unsaturated/α-hetero) is 1. The molecule has 206 valence electrons. The summed E-state index contributed by atoms with van der Waals surface area (Å²) in [5.74, 6) is -0.664. The molecule has 0 saturated carbocycles. The van der Waals surface area contributed by atoms with Gasteiger partial charge in [-0.05, 0) is 89.3 Å². The van der Waals surface area contributed by atoms with E-state index in [1.165, 1.54) is 0 Å². The van der Waals surface area contributed by atoms with Gasteiger partial charge in [0.25, 0.3) is 11.7 Å². The third-order valence-electron chi connectivity index (χ3n) is 7.03. The molecule has 1 saturated heterocycles. The predicted molar refractivity (Wildman–Crippen MR) is 154 cm³/mol. The minimum Gasteiger partial charge on any atom is -0.507 e. The highest BCUT2D eigenvalue weighted by atomic mass is 16.5. The van der Waals surface area contributed by atoms with Crippen molar-refractivity contribution in [3.63, 3.8) is 0 Å². The molecule has 0 radical (unpaired) electrons. The lowest BCUT2D eigenvalue weighted by Gasteiger charge is -2.27. The molecule has 38 heavy (non-hydrogen) atoms. The van der Waals surface area contributed by atoms with E-state index in [0.29, 0.717) is 24.5 Å². The molecule has 2 aromatic carbocycles. The third kappa shape index (κ3) is 6.95. The van der Waals surface area contributed by atoms with Crippen molar-refractivity contribution in [2.24, 2.45) is 0 Å². The number of benzene rings is 2. The number of carbonyl (C=O) groups is 2. The molecule has 1 amide bonds. The van der Waals surface area contributed by atoms with Gasteiger partial charge in [0.15, 0.2) is 0 Å². The number of carbonyl (C=O) groups excluding carboxylic acids is 2. The zero-order chi connectivity index (χ0) is 27.7. The van der Waals surface area contributed by atoms with Gasteiger partial charge in [0.1, 0.15) is 11.5 Å². The van der Waals surface area contributed by atoms with Gasteiger partial charge in [-0.2, -0.15) is 0 Å². The Morgan fingerprint density at radius 3 is 2.16 bits per heavy atom. The average molecular weight is 522 g/mol. The van der Waals surface area contributed by atoms with E-state index in [2.05, 4.69) is 30.6 Å². The number of anilines is 1. The van der Waals surface area contributed by atoms with E-state index >= 15 is 0 Å². The summed E-state index contributed by atoms with van der Waals surface area (Å²) in [5.41, 5.74) is 2.51. The lowest BCUT2D eigenvalue weighted by molar-refractivity contribution is -0.139. The maximum Gasteiger partial charge on any atom is 0.295 e. The molecular weight excluding hydrogens is 478 g/mol. The lowest BCUT2D eigenvalue weighted by atomic mass is 9.95. The summed E-state index contributed by atoms with van der Waals surface area (Å²) in [7, 11) is 3.96. The number of hydrogen-bond acceptors (Lipinski definition) is 6. The summed E-state index contributed by atoms with van der Waals surface area (Å²) >= 11 is 0. The van der Waals surface area contributed by atoms with Crippen LogP contribution in [0.3, 0.4) is 0 Å². The van der Waals surface area contributed by atoms with E-state index in [9.17, 15) is 14.7 Å². The number of aliphatic hydroxyl groups excluding tert-OH is 1. The van der Waals surface area contributed by atoms with Crippen LogP contribution in [0.5, 0.6) is 5.75 Å². The third-order valence-corrected chi connectivity index (χ3v) is 7.03. The van der Waals surface area contributed by atoms with Gasteiger partial charge in [0.2, 0.25) is 0 Å². The molecule has 0 spiro atoms. The molecule has 1 unspecified atom stereocenters. The van der Waals surface area contributed by atoms with Crippen LogP contribution in [0.15, 0.2) is 54.1 Å². The quantitative estimate of drug-likeness (QED) is 0.154. The molecular formula is C31H43N3O4. The van der Waals surface area contributed by atoms with Crippen molar-refractivity contribution in [3.8, 4) is 5.75 Å².